The summed E-state index contributed by atoms with van der Waals surface area (Å²) in [7, 11) is 0. The molecule has 3 heterocycles. The summed E-state index contributed by atoms with van der Waals surface area (Å²) in [4.78, 5) is 23.7. The lowest BCUT2D eigenvalue weighted by atomic mass is 10.0. The van der Waals surface area contributed by atoms with Gasteiger partial charge in [-0.25, -0.2) is 0 Å². The van der Waals surface area contributed by atoms with Gasteiger partial charge in [-0.3, -0.25) is 9.59 Å². The highest BCUT2D eigenvalue weighted by atomic mass is 35.5. The lowest BCUT2D eigenvalue weighted by Crippen LogP contribution is -2.10. The smallest absolute Gasteiger partial charge is 0.312 e. The van der Waals surface area contributed by atoms with E-state index in [9.17, 15) is 14.7 Å². The summed E-state index contributed by atoms with van der Waals surface area (Å²) in [6.07, 6.45) is 0.504. The first-order chi connectivity index (χ1) is 9.49. The van der Waals surface area contributed by atoms with Gasteiger partial charge in [0.05, 0.1) is 11.6 Å². The van der Waals surface area contributed by atoms with Crippen LogP contribution < -0.4 is 0 Å². The summed E-state index contributed by atoms with van der Waals surface area (Å²) in [6.45, 7) is 2.32. The quantitative estimate of drug-likeness (QED) is 0.883. The van der Waals surface area contributed by atoms with E-state index in [1.54, 1.807) is 17.6 Å². The lowest BCUT2D eigenvalue weighted by molar-refractivity contribution is -0.138. The predicted molar refractivity (Wildman–Crippen MR) is 71.3 cm³/mol. The van der Waals surface area contributed by atoms with Crippen molar-refractivity contribution < 1.29 is 19.1 Å². The minimum absolute atomic E-state index is 0.155. The second-order valence-corrected chi connectivity index (χ2v) is 5.24. The molecule has 0 saturated heterocycles. The van der Waals surface area contributed by atoms with Crippen LogP contribution in [0.25, 0.3) is 0 Å². The third-order valence-electron chi connectivity index (χ3n) is 3.63. The average Bonchev–Trinajstić information content (AvgIpc) is 3.02. The Morgan fingerprint density at radius 2 is 2.20 bits per heavy atom. The normalized spacial score (nSPS) is 17.2. The first-order valence-corrected chi connectivity index (χ1v) is 6.59. The molecule has 5 nitrogen and oxygen atoms in total. The Bertz CT molecular complexity index is 713. The minimum Gasteiger partial charge on any atom is -0.481 e. The van der Waals surface area contributed by atoms with Crippen molar-refractivity contribution in [3.05, 3.63) is 46.1 Å². The Kier molecular flexibility index (Phi) is 2.94. The third-order valence-corrected chi connectivity index (χ3v) is 3.83. The summed E-state index contributed by atoms with van der Waals surface area (Å²) >= 11 is 5.68. The van der Waals surface area contributed by atoms with Crippen molar-refractivity contribution in [2.45, 2.75) is 25.8 Å². The van der Waals surface area contributed by atoms with Crippen molar-refractivity contribution in [3.8, 4) is 0 Å². The molecule has 1 aliphatic rings. The van der Waals surface area contributed by atoms with Crippen molar-refractivity contribution in [1.82, 2.24) is 4.57 Å². The van der Waals surface area contributed by atoms with Gasteiger partial charge in [0.1, 0.15) is 0 Å². The number of ketones is 1. The number of aryl methyl sites for hydroxylation is 1. The molecule has 0 radical (unpaired) electrons. The molecular formula is C14H12ClNO4. The maximum atomic E-state index is 12.5. The number of aliphatic carboxylic acids is 1. The van der Waals surface area contributed by atoms with Crippen LogP contribution >= 0.6 is 11.6 Å². The lowest BCUT2D eigenvalue weighted by Gasteiger charge is -2.04. The molecule has 0 bridgehead atoms. The highest BCUT2D eigenvalue weighted by Crippen LogP contribution is 2.34. The van der Waals surface area contributed by atoms with Crippen LogP contribution in [0, 0.1) is 6.92 Å². The standard InChI is InChI=1S/C14H12ClNO4/c1-7-6-9-8(14(18)19)4-5-16(9)12(7)13(17)10-2-3-11(15)20-10/h2-3,6,8H,4-5H2,1H3,(H,18,19). The zero-order valence-electron chi connectivity index (χ0n) is 10.7. The Labute approximate surface area is 119 Å². The largest absolute Gasteiger partial charge is 0.481 e. The fraction of sp³-hybridized carbons (Fsp3) is 0.286. The van der Waals surface area contributed by atoms with Crippen molar-refractivity contribution >= 4 is 23.4 Å². The number of furan rings is 1. The number of fused-ring (bicyclic) bond motifs is 1. The van der Waals surface area contributed by atoms with E-state index in [2.05, 4.69) is 0 Å². The molecule has 20 heavy (non-hydrogen) atoms. The number of hydrogen-bond acceptors (Lipinski definition) is 3. The fourth-order valence-corrected chi connectivity index (χ4v) is 2.90. The van der Waals surface area contributed by atoms with Gasteiger partial charge < -0.3 is 14.1 Å². The second-order valence-electron chi connectivity index (χ2n) is 4.86. The summed E-state index contributed by atoms with van der Waals surface area (Å²) in [5.41, 5.74) is 1.91. The zero-order valence-corrected chi connectivity index (χ0v) is 11.5. The highest BCUT2D eigenvalue weighted by Gasteiger charge is 2.33. The maximum Gasteiger partial charge on any atom is 0.312 e. The van der Waals surface area contributed by atoms with Gasteiger partial charge in [0.2, 0.25) is 5.78 Å². The third kappa shape index (κ3) is 1.86. The predicted octanol–water partition coefficient (Wildman–Crippen LogP) is 2.85. The van der Waals surface area contributed by atoms with E-state index < -0.39 is 11.9 Å². The van der Waals surface area contributed by atoms with Gasteiger partial charge >= 0.3 is 5.97 Å². The van der Waals surface area contributed by atoms with Gasteiger partial charge in [-0.1, -0.05) is 0 Å². The summed E-state index contributed by atoms with van der Waals surface area (Å²) in [5.74, 6) is -1.51. The maximum absolute atomic E-state index is 12.5. The Morgan fingerprint density at radius 3 is 2.80 bits per heavy atom. The average molecular weight is 294 g/mol. The van der Waals surface area contributed by atoms with Crippen LogP contribution in [0.2, 0.25) is 5.22 Å². The van der Waals surface area contributed by atoms with E-state index in [1.165, 1.54) is 12.1 Å². The van der Waals surface area contributed by atoms with E-state index in [-0.39, 0.29) is 16.8 Å². The van der Waals surface area contributed by atoms with Crippen LogP contribution in [0.3, 0.4) is 0 Å². The molecule has 0 aliphatic carbocycles. The summed E-state index contributed by atoms with van der Waals surface area (Å²) < 4.78 is 6.92. The molecule has 0 aromatic carbocycles. The summed E-state index contributed by atoms with van der Waals surface area (Å²) in [5, 5.41) is 9.34. The van der Waals surface area contributed by atoms with Crippen LogP contribution in [0.1, 0.15) is 39.8 Å². The van der Waals surface area contributed by atoms with Crippen molar-refractivity contribution in [3.63, 3.8) is 0 Å². The monoisotopic (exact) mass is 293 g/mol. The van der Waals surface area contributed by atoms with E-state index in [1.807, 2.05) is 0 Å². The molecule has 1 unspecified atom stereocenters. The molecule has 1 aliphatic heterocycles. The highest BCUT2D eigenvalue weighted by molar-refractivity contribution is 6.29. The molecule has 0 fully saturated rings. The number of halogens is 1. The Balaban J connectivity index is 2.06. The van der Waals surface area contributed by atoms with Crippen molar-refractivity contribution in [2.75, 3.05) is 0 Å². The van der Waals surface area contributed by atoms with E-state index in [0.717, 1.165) is 5.56 Å². The fourth-order valence-electron chi connectivity index (χ4n) is 2.75. The molecule has 2 aromatic rings. The van der Waals surface area contributed by atoms with Crippen LogP contribution in [0.15, 0.2) is 22.6 Å². The van der Waals surface area contributed by atoms with E-state index in [0.29, 0.717) is 24.4 Å². The molecule has 6 heteroatoms. The molecule has 0 amide bonds. The number of rotatable bonds is 3. The molecule has 0 spiro atoms. The van der Waals surface area contributed by atoms with Crippen LogP contribution in [0.5, 0.6) is 0 Å². The first-order valence-electron chi connectivity index (χ1n) is 6.22. The van der Waals surface area contributed by atoms with Crippen molar-refractivity contribution in [2.24, 2.45) is 0 Å². The number of carboxylic acid groups (broad SMARTS) is 1. The molecule has 2 aromatic heterocycles. The molecule has 1 N–H and O–H groups in total. The summed E-state index contributed by atoms with van der Waals surface area (Å²) in [6, 6.07) is 4.80. The molecule has 0 saturated carbocycles. The van der Waals surface area contributed by atoms with Crippen LogP contribution in [-0.4, -0.2) is 21.4 Å². The van der Waals surface area contributed by atoms with E-state index >= 15 is 0 Å². The Hall–Kier alpha value is -2.01. The number of nitrogens with zero attached hydrogens (tertiary/aromatic N) is 1. The van der Waals surface area contributed by atoms with Gasteiger partial charge in [-0.2, -0.15) is 0 Å². The second kappa shape index (κ2) is 4.52. The van der Waals surface area contributed by atoms with Gasteiger partial charge in [0, 0.05) is 12.2 Å². The molecule has 104 valence electrons. The van der Waals surface area contributed by atoms with Crippen LogP contribution in [-0.2, 0) is 11.3 Å². The van der Waals surface area contributed by atoms with Gasteiger partial charge in [0.15, 0.2) is 11.0 Å². The molecular weight excluding hydrogens is 282 g/mol. The zero-order chi connectivity index (χ0) is 14.4. The molecule has 1 atom stereocenters. The number of aromatic nitrogens is 1. The Morgan fingerprint density at radius 1 is 1.45 bits per heavy atom. The van der Waals surface area contributed by atoms with Crippen LogP contribution in [0.4, 0.5) is 0 Å². The minimum atomic E-state index is -0.860. The number of carboxylic acids is 1. The topological polar surface area (TPSA) is 72.4 Å². The van der Waals surface area contributed by atoms with E-state index in [4.69, 9.17) is 16.0 Å². The molecule has 3 rings (SSSR count). The van der Waals surface area contributed by atoms with Gasteiger partial charge in [-0.15, -0.1) is 0 Å². The number of carbonyl (C=O) groups excluding carboxylic acids is 1. The van der Waals surface area contributed by atoms with Gasteiger partial charge in [-0.05, 0) is 48.7 Å². The van der Waals surface area contributed by atoms with Gasteiger partial charge in [0.25, 0.3) is 0 Å². The first kappa shape index (κ1) is 13.0. The van der Waals surface area contributed by atoms with Crippen molar-refractivity contribution in [1.29, 1.82) is 0 Å². The number of carbonyl (C=O) groups is 2. The number of hydrogen-bond donors (Lipinski definition) is 1. The SMILES string of the molecule is Cc1cc2n(c1C(=O)c1ccc(Cl)o1)CCC2C(=O)O.